The predicted octanol–water partition coefficient (Wildman–Crippen LogP) is 3.68. The second-order valence-electron chi connectivity index (χ2n) is 4.27. The van der Waals surface area contributed by atoms with Crippen molar-refractivity contribution in [2.45, 2.75) is 6.18 Å². The van der Waals surface area contributed by atoms with Crippen molar-refractivity contribution in [1.82, 2.24) is 0 Å². The molecular formula is C14H10F4N2O. The van der Waals surface area contributed by atoms with Crippen molar-refractivity contribution in [3.05, 3.63) is 59.4 Å². The summed E-state index contributed by atoms with van der Waals surface area (Å²) in [6, 6.07) is 7.35. The van der Waals surface area contributed by atoms with E-state index in [1.807, 2.05) is 0 Å². The van der Waals surface area contributed by atoms with Crippen LogP contribution in [-0.4, -0.2) is 5.91 Å². The number of alkyl halides is 3. The first-order valence-electron chi connectivity index (χ1n) is 5.81. The first-order valence-corrected chi connectivity index (χ1v) is 5.81. The Hall–Kier alpha value is -2.57. The van der Waals surface area contributed by atoms with E-state index < -0.39 is 23.5 Å². The average Bonchev–Trinajstić information content (AvgIpc) is 2.42. The van der Waals surface area contributed by atoms with Crippen molar-refractivity contribution >= 4 is 17.3 Å². The molecule has 0 aliphatic carbocycles. The van der Waals surface area contributed by atoms with Gasteiger partial charge in [0.25, 0.3) is 5.91 Å². The lowest BCUT2D eigenvalue weighted by Crippen LogP contribution is -2.13. The summed E-state index contributed by atoms with van der Waals surface area (Å²) in [5, 5.41) is 2.42. The summed E-state index contributed by atoms with van der Waals surface area (Å²) in [6.07, 6.45) is -4.46. The number of hydrogen-bond acceptors (Lipinski definition) is 2. The number of hydrogen-bond donors (Lipinski definition) is 2. The molecule has 0 radical (unpaired) electrons. The molecule has 0 aliphatic heterocycles. The summed E-state index contributed by atoms with van der Waals surface area (Å²) >= 11 is 0. The molecule has 2 aromatic rings. The van der Waals surface area contributed by atoms with E-state index in [1.54, 1.807) is 0 Å². The summed E-state index contributed by atoms with van der Waals surface area (Å²) in [7, 11) is 0. The number of carbonyl (C=O) groups excluding carboxylic acids is 1. The van der Waals surface area contributed by atoms with E-state index in [1.165, 1.54) is 12.1 Å². The maximum Gasteiger partial charge on any atom is 0.416 e. The summed E-state index contributed by atoms with van der Waals surface area (Å²) in [5.41, 5.74) is 4.67. The third-order valence-corrected chi connectivity index (χ3v) is 2.73. The largest absolute Gasteiger partial charge is 0.416 e. The number of nitrogens with two attached hydrogens (primary N) is 1. The molecule has 0 atom stereocenters. The standard InChI is InChI=1S/C14H10F4N2O/c15-11-6-5-10(7-12(11)19)20-13(21)8-1-3-9(4-2-8)14(16,17)18/h1-7H,19H2,(H,20,21). The lowest BCUT2D eigenvalue weighted by atomic mass is 10.1. The van der Waals surface area contributed by atoms with E-state index >= 15 is 0 Å². The Morgan fingerprint density at radius 1 is 1.05 bits per heavy atom. The van der Waals surface area contributed by atoms with Gasteiger partial charge in [-0.1, -0.05) is 0 Å². The van der Waals surface area contributed by atoms with E-state index in [9.17, 15) is 22.4 Å². The second kappa shape index (κ2) is 5.43. The predicted molar refractivity (Wildman–Crippen MR) is 70.2 cm³/mol. The van der Waals surface area contributed by atoms with Gasteiger partial charge >= 0.3 is 6.18 Å². The molecule has 1 amide bonds. The van der Waals surface area contributed by atoms with Gasteiger partial charge in [-0.3, -0.25) is 4.79 Å². The topological polar surface area (TPSA) is 55.1 Å². The van der Waals surface area contributed by atoms with Crippen LogP contribution in [0.25, 0.3) is 0 Å². The third-order valence-electron chi connectivity index (χ3n) is 2.73. The fourth-order valence-corrected chi connectivity index (χ4v) is 1.64. The molecule has 2 rings (SSSR count). The highest BCUT2D eigenvalue weighted by Crippen LogP contribution is 2.29. The third kappa shape index (κ3) is 3.50. The smallest absolute Gasteiger partial charge is 0.396 e. The van der Waals surface area contributed by atoms with Crippen LogP contribution in [0.3, 0.4) is 0 Å². The van der Waals surface area contributed by atoms with Gasteiger partial charge in [-0.05, 0) is 42.5 Å². The molecule has 0 aliphatic rings. The Morgan fingerprint density at radius 3 is 2.19 bits per heavy atom. The van der Waals surface area contributed by atoms with E-state index in [2.05, 4.69) is 5.32 Å². The fourth-order valence-electron chi connectivity index (χ4n) is 1.64. The van der Waals surface area contributed by atoms with Crippen LogP contribution < -0.4 is 11.1 Å². The van der Waals surface area contributed by atoms with Gasteiger partial charge < -0.3 is 11.1 Å². The van der Waals surface area contributed by atoms with Crippen LogP contribution in [0, 0.1) is 5.82 Å². The maximum absolute atomic E-state index is 13.0. The van der Waals surface area contributed by atoms with Crippen LogP contribution in [0.15, 0.2) is 42.5 Å². The van der Waals surface area contributed by atoms with Crippen molar-refractivity contribution in [2.24, 2.45) is 0 Å². The molecule has 0 heterocycles. The Labute approximate surface area is 117 Å². The lowest BCUT2D eigenvalue weighted by molar-refractivity contribution is -0.137. The zero-order valence-corrected chi connectivity index (χ0v) is 10.5. The number of halogens is 4. The molecule has 110 valence electrons. The summed E-state index contributed by atoms with van der Waals surface area (Å²) in [6.45, 7) is 0. The first kappa shape index (κ1) is 14.8. The van der Waals surface area contributed by atoms with Crippen molar-refractivity contribution in [2.75, 3.05) is 11.1 Å². The van der Waals surface area contributed by atoms with Gasteiger partial charge in [0.2, 0.25) is 0 Å². The Balaban J connectivity index is 2.15. The minimum absolute atomic E-state index is 0.0471. The summed E-state index contributed by atoms with van der Waals surface area (Å²) < 4.78 is 50.2. The molecular weight excluding hydrogens is 288 g/mol. The Bertz CT molecular complexity index is 666. The molecule has 2 aromatic carbocycles. The van der Waals surface area contributed by atoms with Gasteiger partial charge in [0.05, 0.1) is 11.3 Å². The number of nitrogen functional groups attached to an aromatic ring is 1. The average molecular weight is 298 g/mol. The van der Waals surface area contributed by atoms with Crippen LogP contribution in [0.2, 0.25) is 0 Å². The molecule has 0 saturated carbocycles. The normalized spacial score (nSPS) is 11.2. The molecule has 3 N–H and O–H groups in total. The van der Waals surface area contributed by atoms with E-state index in [4.69, 9.17) is 5.73 Å². The van der Waals surface area contributed by atoms with Crippen molar-refractivity contribution in [1.29, 1.82) is 0 Å². The number of amides is 1. The van der Waals surface area contributed by atoms with Crippen LogP contribution in [0.5, 0.6) is 0 Å². The lowest BCUT2D eigenvalue weighted by Gasteiger charge is -2.09. The highest BCUT2D eigenvalue weighted by molar-refractivity contribution is 6.04. The number of carbonyl (C=O) groups is 1. The molecule has 0 saturated heterocycles. The first-order chi connectivity index (χ1) is 9.77. The molecule has 0 bridgehead atoms. The van der Waals surface area contributed by atoms with Crippen LogP contribution in [-0.2, 0) is 6.18 Å². The quantitative estimate of drug-likeness (QED) is 0.656. The van der Waals surface area contributed by atoms with Gasteiger partial charge in [-0.15, -0.1) is 0 Å². The number of benzene rings is 2. The second-order valence-corrected chi connectivity index (χ2v) is 4.27. The summed E-state index contributed by atoms with van der Waals surface area (Å²) in [4.78, 5) is 11.8. The van der Waals surface area contributed by atoms with Gasteiger partial charge in [0.15, 0.2) is 0 Å². The minimum Gasteiger partial charge on any atom is -0.396 e. The van der Waals surface area contributed by atoms with Crippen LogP contribution >= 0.6 is 0 Å². The molecule has 3 nitrogen and oxygen atoms in total. The molecule has 21 heavy (non-hydrogen) atoms. The molecule has 0 aromatic heterocycles. The fraction of sp³-hybridized carbons (Fsp3) is 0.0714. The monoisotopic (exact) mass is 298 g/mol. The van der Waals surface area contributed by atoms with Crippen molar-refractivity contribution in [3.63, 3.8) is 0 Å². The van der Waals surface area contributed by atoms with Gasteiger partial charge in [0, 0.05) is 11.3 Å². The van der Waals surface area contributed by atoms with Crippen LogP contribution in [0.4, 0.5) is 28.9 Å². The molecule has 0 fully saturated rings. The zero-order valence-electron chi connectivity index (χ0n) is 10.5. The highest BCUT2D eigenvalue weighted by Gasteiger charge is 2.30. The number of anilines is 2. The molecule has 0 spiro atoms. The SMILES string of the molecule is Nc1cc(NC(=O)c2ccc(C(F)(F)F)cc2)ccc1F. The van der Waals surface area contributed by atoms with Crippen LogP contribution in [0.1, 0.15) is 15.9 Å². The number of rotatable bonds is 2. The zero-order chi connectivity index (χ0) is 15.6. The molecule has 0 unspecified atom stereocenters. The summed E-state index contributed by atoms with van der Waals surface area (Å²) in [5.74, 6) is -1.24. The van der Waals surface area contributed by atoms with Gasteiger partial charge in [-0.25, -0.2) is 4.39 Å². The van der Waals surface area contributed by atoms with Gasteiger partial charge in [0.1, 0.15) is 5.82 Å². The van der Waals surface area contributed by atoms with Crippen molar-refractivity contribution in [3.8, 4) is 0 Å². The van der Waals surface area contributed by atoms with Gasteiger partial charge in [-0.2, -0.15) is 13.2 Å². The molecule has 7 heteroatoms. The maximum atomic E-state index is 13.0. The minimum atomic E-state index is -4.46. The number of nitrogens with one attached hydrogen (secondary N) is 1. The van der Waals surface area contributed by atoms with E-state index in [0.717, 1.165) is 30.3 Å². The van der Waals surface area contributed by atoms with Crippen molar-refractivity contribution < 1.29 is 22.4 Å². The van der Waals surface area contributed by atoms with E-state index in [-0.39, 0.29) is 16.9 Å². The van der Waals surface area contributed by atoms with E-state index in [0.29, 0.717) is 0 Å². The highest BCUT2D eigenvalue weighted by atomic mass is 19.4. The Morgan fingerprint density at radius 2 is 1.67 bits per heavy atom. The Kier molecular flexibility index (Phi) is 3.84.